The molecule has 19 heteroatoms. The number of hydrogen-bond acceptors (Lipinski definition) is 14. The molecular weight excluding hydrogens is 774 g/mol. The van der Waals surface area contributed by atoms with Crippen molar-refractivity contribution in [1.82, 2.24) is 21.3 Å². The van der Waals surface area contributed by atoms with E-state index in [1.165, 1.54) is 0 Å². The number of hydrogen-bond donors (Lipinski definition) is 13. The minimum atomic E-state index is -0.991. The molecule has 0 aromatic carbocycles. The van der Waals surface area contributed by atoms with Gasteiger partial charge in [0.2, 0.25) is 29.4 Å². The molecule has 0 aliphatic rings. The van der Waals surface area contributed by atoms with E-state index >= 15 is 0 Å². The zero-order valence-electron chi connectivity index (χ0n) is 37.2. The van der Waals surface area contributed by atoms with Crippen molar-refractivity contribution < 1.29 is 69.6 Å². The summed E-state index contributed by atoms with van der Waals surface area (Å²) in [6.07, 6.45) is -3.66. The summed E-state index contributed by atoms with van der Waals surface area (Å²) < 4.78 is 0. The Kier molecular flexibility index (Phi) is 45.9. The summed E-state index contributed by atoms with van der Waals surface area (Å²) in [5, 5.41) is 81.7. The number of aliphatic hydroxyl groups excluding tert-OH is 8. The summed E-state index contributed by atoms with van der Waals surface area (Å²) in [5.41, 5.74) is 4.75. The molecule has 0 saturated heterocycles. The highest BCUT2D eigenvalue weighted by atomic mass is 16.3. The zero-order chi connectivity index (χ0) is 46.9. The first-order valence-electron chi connectivity index (χ1n) is 19.9. The first-order valence-corrected chi connectivity index (χ1v) is 19.9. The highest BCUT2D eigenvalue weighted by Crippen LogP contribution is 2.02. The third-order valence-corrected chi connectivity index (χ3v) is 7.65. The Morgan fingerprint density at radius 1 is 0.458 bits per heavy atom. The Morgan fingerprint density at radius 3 is 0.966 bits per heavy atom. The predicted molar refractivity (Wildman–Crippen MR) is 227 cm³/mol. The van der Waals surface area contributed by atoms with Gasteiger partial charge < -0.3 is 67.9 Å². The Labute approximate surface area is 353 Å². The van der Waals surface area contributed by atoms with Gasteiger partial charge in [0, 0.05) is 38.0 Å². The summed E-state index contributed by atoms with van der Waals surface area (Å²) >= 11 is 0. The lowest BCUT2D eigenvalue weighted by atomic mass is 10.1. The molecule has 0 aliphatic carbocycles. The van der Waals surface area contributed by atoms with Crippen molar-refractivity contribution in [3.05, 3.63) is 0 Å². The van der Waals surface area contributed by atoms with Crippen LogP contribution in [0.4, 0.5) is 0 Å². The molecule has 0 fully saturated rings. The van der Waals surface area contributed by atoms with Gasteiger partial charge in [-0.15, -0.1) is 0 Å². The van der Waals surface area contributed by atoms with Crippen LogP contribution >= 0.6 is 0 Å². The Balaban J connectivity index is -0.000000149. The lowest BCUT2D eigenvalue weighted by molar-refractivity contribution is -0.139. The zero-order valence-corrected chi connectivity index (χ0v) is 37.2. The second kappa shape index (κ2) is 40.1. The second-order valence-corrected chi connectivity index (χ2v) is 15.1. The molecule has 0 saturated carbocycles. The number of primary amides is 1. The molecule has 19 nitrogen and oxygen atoms in total. The fourth-order valence-electron chi connectivity index (χ4n) is 3.06. The number of carbonyl (C=O) groups excluding carboxylic acids is 6. The first-order chi connectivity index (χ1) is 26.6. The van der Waals surface area contributed by atoms with Crippen molar-refractivity contribution in [3.8, 4) is 0 Å². The van der Waals surface area contributed by atoms with Crippen molar-refractivity contribution in [3.63, 3.8) is 0 Å². The maximum atomic E-state index is 11.1. The molecule has 0 radical (unpaired) electrons. The molecule has 354 valence electrons. The number of carbonyl (C=O) groups is 6. The normalized spacial score (nSPS) is 14.0. The molecule has 0 rings (SSSR count). The van der Waals surface area contributed by atoms with Crippen LogP contribution in [-0.4, -0.2) is 152 Å². The van der Waals surface area contributed by atoms with Crippen LogP contribution in [0, 0.1) is 29.6 Å². The lowest BCUT2D eigenvalue weighted by Gasteiger charge is -2.15. The van der Waals surface area contributed by atoms with E-state index in [1.807, 2.05) is 13.8 Å². The molecule has 0 aromatic rings. The van der Waals surface area contributed by atoms with Crippen molar-refractivity contribution in [2.45, 2.75) is 159 Å². The van der Waals surface area contributed by atoms with E-state index in [4.69, 9.17) is 36.4 Å². The van der Waals surface area contributed by atoms with E-state index in [9.17, 15) is 39.0 Å². The molecule has 0 heterocycles. The van der Waals surface area contributed by atoms with Crippen molar-refractivity contribution >= 4 is 35.3 Å². The van der Waals surface area contributed by atoms with Crippen LogP contribution in [0.5, 0.6) is 0 Å². The molecule has 0 spiro atoms. The highest BCUT2D eigenvalue weighted by molar-refractivity contribution is 6.36. The molecule has 14 N–H and O–H groups in total. The van der Waals surface area contributed by atoms with Gasteiger partial charge >= 0.3 is 0 Å². The molecule has 0 aromatic heterocycles. The van der Waals surface area contributed by atoms with Gasteiger partial charge in [0.05, 0.1) is 31.0 Å². The molecule has 2 unspecified atom stereocenters. The molecular formula is C40H85N5O14. The van der Waals surface area contributed by atoms with E-state index in [0.717, 1.165) is 0 Å². The number of ketones is 1. The average Bonchev–Trinajstić information content (AvgIpc) is 3.18. The van der Waals surface area contributed by atoms with E-state index < -0.39 is 72.1 Å². The SMILES string of the molecule is C.CC(C)C(=O)NC[C@@H](O)CO.CC(C)[C@H](O)C(N)=O.CCC(O)CNC(=O)[C@@H](O)C(C)C.CC[C@@H](O)CNC(=O)C(=O)C(C)C.CC[C@@H](O)CNC(=O)C(O)C(C)C. The van der Waals surface area contributed by atoms with E-state index in [2.05, 4.69) is 21.3 Å². The van der Waals surface area contributed by atoms with Crippen LogP contribution in [-0.2, 0) is 28.8 Å². The van der Waals surface area contributed by atoms with Gasteiger partial charge in [-0.1, -0.05) is 97.4 Å². The summed E-state index contributed by atoms with van der Waals surface area (Å²) in [7, 11) is 0. The van der Waals surface area contributed by atoms with Gasteiger partial charge in [0.1, 0.15) is 18.3 Å². The molecule has 0 bridgehead atoms. The van der Waals surface area contributed by atoms with E-state index in [-0.39, 0.29) is 75.7 Å². The van der Waals surface area contributed by atoms with Gasteiger partial charge in [-0.3, -0.25) is 28.8 Å². The third-order valence-electron chi connectivity index (χ3n) is 7.65. The number of Topliss-reactive ketones (excluding diaryl/α,β-unsaturated/α-hetero) is 1. The molecule has 5 amide bonds. The summed E-state index contributed by atoms with van der Waals surface area (Å²) in [6.45, 7) is 23.2. The topological polar surface area (TPSA) is 338 Å². The van der Waals surface area contributed by atoms with Crippen LogP contribution in [0.3, 0.4) is 0 Å². The minimum absolute atomic E-state index is 0. The second-order valence-electron chi connectivity index (χ2n) is 15.1. The van der Waals surface area contributed by atoms with Crippen LogP contribution in [0.1, 0.15) is 117 Å². The minimum Gasteiger partial charge on any atom is -0.394 e. The summed E-state index contributed by atoms with van der Waals surface area (Å²) in [5.74, 6) is -3.29. The summed E-state index contributed by atoms with van der Waals surface area (Å²) in [4.78, 5) is 65.3. The standard InChI is InChI=1S/2C9H19NO3.C9H17NO3.C7H15NO3.C5H11NO2.CH4/c3*1-4-7(11)5-10-9(13)8(12)6(2)3;1-5(2)7(11)8-3-6(10)4-9;1-3(2)4(7)5(6)8;/h2*6-8,11-12H,4-5H2,1-3H3,(H,10,13);6-7,11H,4-5H2,1-3H3,(H,10,13);5-6,9-10H,3-4H2,1-2H3,(H,8,11);3-4,7H,1-2H3,(H2,6,8);1H4/t7?,8-;7-,8?;7-;6-;4-;/m01110./s1. The van der Waals surface area contributed by atoms with Gasteiger partial charge in [-0.05, 0) is 37.0 Å². The monoisotopic (exact) mass is 860 g/mol. The average molecular weight is 860 g/mol. The van der Waals surface area contributed by atoms with Crippen LogP contribution in [0.25, 0.3) is 0 Å². The third kappa shape index (κ3) is 41.2. The van der Waals surface area contributed by atoms with Crippen molar-refractivity contribution in [1.29, 1.82) is 0 Å². The molecule has 0 aliphatic heterocycles. The Hall–Kier alpha value is -3.30. The Bertz CT molecular complexity index is 1070. The van der Waals surface area contributed by atoms with E-state index in [0.29, 0.717) is 19.3 Å². The number of amides is 5. The number of rotatable bonds is 21. The van der Waals surface area contributed by atoms with Gasteiger partial charge in [0.25, 0.3) is 5.91 Å². The number of nitrogens with two attached hydrogens (primary N) is 1. The predicted octanol–water partition coefficient (Wildman–Crippen LogP) is -0.884. The number of aliphatic hydroxyl groups is 8. The maximum Gasteiger partial charge on any atom is 0.287 e. The maximum absolute atomic E-state index is 11.1. The van der Waals surface area contributed by atoms with Crippen LogP contribution in [0.15, 0.2) is 0 Å². The lowest BCUT2D eigenvalue weighted by Crippen LogP contribution is -2.41. The fraction of sp³-hybridized carbons (Fsp3) is 0.850. The van der Waals surface area contributed by atoms with Crippen LogP contribution < -0.4 is 27.0 Å². The summed E-state index contributed by atoms with van der Waals surface area (Å²) in [6, 6.07) is 0. The fourth-order valence-corrected chi connectivity index (χ4v) is 3.06. The molecule has 7 atom stereocenters. The smallest absolute Gasteiger partial charge is 0.287 e. The number of nitrogens with one attached hydrogen (secondary N) is 4. The highest BCUT2D eigenvalue weighted by Gasteiger charge is 2.20. The largest absolute Gasteiger partial charge is 0.394 e. The van der Waals surface area contributed by atoms with E-state index in [1.54, 1.807) is 76.2 Å². The quantitative estimate of drug-likeness (QED) is 0.0624. The first kappa shape index (κ1) is 67.5. The van der Waals surface area contributed by atoms with Gasteiger partial charge in [-0.25, -0.2) is 0 Å². The van der Waals surface area contributed by atoms with Crippen molar-refractivity contribution in [2.24, 2.45) is 35.3 Å². The van der Waals surface area contributed by atoms with Gasteiger partial charge in [-0.2, -0.15) is 0 Å². The Morgan fingerprint density at radius 2 is 0.746 bits per heavy atom. The van der Waals surface area contributed by atoms with Crippen molar-refractivity contribution in [2.75, 3.05) is 32.8 Å². The molecule has 59 heavy (non-hydrogen) atoms. The van der Waals surface area contributed by atoms with Gasteiger partial charge in [0.15, 0.2) is 0 Å². The van der Waals surface area contributed by atoms with Crippen LogP contribution in [0.2, 0.25) is 0 Å².